The molecule has 102 valence electrons. The van der Waals surface area contributed by atoms with E-state index in [4.69, 9.17) is 15.0 Å². The second-order valence-corrected chi connectivity index (χ2v) is 5.86. The molecule has 0 aliphatic heterocycles. The van der Waals surface area contributed by atoms with Crippen molar-refractivity contribution in [1.82, 2.24) is 5.16 Å². The molecular formula is C11H11FN2O4S. The largest absolute Gasteiger partial charge is 0.496 e. The second-order valence-electron chi connectivity index (χ2n) is 3.87. The molecule has 2 N–H and O–H groups in total. The molecule has 0 amide bonds. The van der Waals surface area contributed by atoms with Gasteiger partial charge < -0.3 is 15.0 Å². The Morgan fingerprint density at radius 3 is 2.53 bits per heavy atom. The molecule has 2 aromatic rings. The highest BCUT2D eigenvalue weighted by molar-refractivity contribution is 7.90. The molecule has 0 saturated heterocycles. The van der Waals surface area contributed by atoms with E-state index in [1.165, 1.54) is 13.2 Å². The number of benzene rings is 1. The fourth-order valence-corrected chi connectivity index (χ4v) is 2.33. The lowest BCUT2D eigenvalue weighted by molar-refractivity contribution is 0.403. The van der Waals surface area contributed by atoms with Crippen molar-refractivity contribution in [1.29, 1.82) is 0 Å². The predicted molar refractivity (Wildman–Crippen MR) is 66.0 cm³/mol. The Balaban J connectivity index is 2.68. The van der Waals surface area contributed by atoms with Crippen LogP contribution in [0.3, 0.4) is 0 Å². The van der Waals surface area contributed by atoms with Gasteiger partial charge in [0.05, 0.1) is 12.7 Å². The van der Waals surface area contributed by atoms with E-state index >= 15 is 0 Å². The highest BCUT2D eigenvalue weighted by Gasteiger charge is 2.20. The first-order valence-corrected chi connectivity index (χ1v) is 7.02. The van der Waals surface area contributed by atoms with E-state index in [1.54, 1.807) is 0 Å². The average molecular weight is 286 g/mol. The maximum Gasteiger partial charge on any atom is 0.178 e. The molecule has 1 aromatic carbocycles. The number of nitrogen functional groups attached to an aromatic ring is 1. The van der Waals surface area contributed by atoms with Crippen molar-refractivity contribution in [2.24, 2.45) is 0 Å². The van der Waals surface area contributed by atoms with Gasteiger partial charge in [0, 0.05) is 18.4 Å². The van der Waals surface area contributed by atoms with E-state index in [-0.39, 0.29) is 22.9 Å². The van der Waals surface area contributed by atoms with Crippen LogP contribution >= 0.6 is 0 Å². The summed E-state index contributed by atoms with van der Waals surface area (Å²) in [4.78, 5) is -0.444. The molecule has 1 aromatic heterocycles. The summed E-state index contributed by atoms with van der Waals surface area (Å²) >= 11 is 0. The van der Waals surface area contributed by atoms with Gasteiger partial charge in [-0.05, 0) is 6.07 Å². The molecule has 0 saturated carbocycles. The smallest absolute Gasteiger partial charge is 0.178 e. The normalized spacial score (nSPS) is 11.5. The highest BCUT2D eigenvalue weighted by Crippen LogP contribution is 2.34. The molecule has 1 heterocycles. The Hall–Kier alpha value is -2.09. The van der Waals surface area contributed by atoms with Gasteiger partial charge in [0.15, 0.2) is 21.4 Å². The third-order valence-corrected chi connectivity index (χ3v) is 3.56. The first-order valence-electron chi connectivity index (χ1n) is 5.13. The Morgan fingerprint density at radius 2 is 2.05 bits per heavy atom. The van der Waals surface area contributed by atoms with Crippen LogP contribution in [0.1, 0.15) is 0 Å². The van der Waals surface area contributed by atoms with Crippen molar-refractivity contribution >= 4 is 15.7 Å². The summed E-state index contributed by atoms with van der Waals surface area (Å²) in [5, 5.41) is 3.48. The minimum absolute atomic E-state index is 0.129. The van der Waals surface area contributed by atoms with Crippen molar-refractivity contribution in [3.8, 4) is 17.1 Å². The van der Waals surface area contributed by atoms with Crippen LogP contribution in [0.2, 0.25) is 0 Å². The third-order valence-electron chi connectivity index (χ3n) is 2.45. The van der Waals surface area contributed by atoms with E-state index < -0.39 is 20.5 Å². The van der Waals surface area contributed by atoms with Gasteiger partial charge in [-0.2, -0.15) is 0 Å². The standard InChI is InChI=1S/C11H11FN2O4S/c1-17-8-4-10(19(2,15)16)7(12)3-6(8)9-5-11(13)14-18-9/h3-5H,1-2H3,(H2,13,14). The summed E-state index contributed by atoms with van der Waals surface area (Å²) in [5.74, 6) is -0.427. The number of nitrogens with zero attached hydrogens (tertiary/aromatic N) is 1. The number of sulfone groups is 1. The third kappa shape index (κ3) is 2.53. The average Bonchev–Trinajstić information content (AvgIpc) is 2.73. The maximum absolute atomic E-state index is 13.8. The van der Waals surface area contributed by atoms with Crippen molar-refractivity contribution in [3.63, 3.8) is 0 Å². The zero-order valence-electron chi connectivity index (χ0n) is 10.2. The lowest BCUT2D eigenvalue weighted by Crippen LogP contribution is -2.02. The fraction of sp³-hybridized carbons (Fsp3) is 0.182. The van der Waals surface area contributed by atoms with Gasteiger partial charge in [-0.1, -0.05) is 5.16 Å². The molecule has 8 heteroatoms. The Labute approximate surface area is 108 Å². The second kappa shape index (κ2) is 4.54. The van der Waals surface area contributed by atoms with Gasteiger partial charge in [0.2, 0.25) is 0 Å². The van der Waals surface area contributed by atoms with Gasteiger partial charge in [0.1, 0.15) is 16.5 Å². The number of halogens is 1. The number of hydrogen-bond donors (Lipinski definition) is 1. The summed E-state index contributed by atoms with van der Waals surface area (Å²) in [6, 6.07) is 3.49. The topological polar surface area (TPSA) is 95.4 Å². The van der Waals surface area contributed by atoms with Crippen molar-refractivity contribution in [2.45, 2.75) is 4.90 Å². The van der Waals surface area contributed by atoms with Crippen LogP contribution in [0.4, 0.5) is 10.2 Å². The van der Waals surface area contributed by atoms with Gasteiger partial charge in [-0.3, -0.25) is 0 Å². The summed E-state index contributed by atoms with van der Waals surface area (Å²) in [6.45, 7) is 0. The first-order chi connectivity index (χ1) is 8.82. The Morgan fingerprint density at radius 1 is 1.37 bits per heavy atom. The SMILES string of the molecule is COc1cc(S(C)(=O)=O)c(F)cc1-c1cc(N)no1. The summed E-state index contributed by atoms with van der Waals surface area (Å²) in [6.07, 6.45) is 0.914. The van der Waals surface area contributed by atoms with Crippen LogP contribution in [0.5, 0.6) is 5.75 Å². The number of hydrogen-bond acceptors (Lipinski definition) is 6. The van der Waals surface area contributed by atoms with E-state index in [9.17, 15) is 12.8 Å². The number of methoxy groups -OCH3 is 1. The number of anilines is 1. The lowest BCUT2D eigenvalue weighted by Gasteiger charge is -2.08. The van der Waals surface area contributed by atoms with E-state index in [0.717, 1.165) is 18.4 Å². The molecule has 0 aliphatic rings. The van der Waals surface area contributed by atoms with Gasteiger partial charge in [-0.25, -0.2) is 12.8 Å². The molecule has 0 spiro atoms. The highest BCUT2D eigenvalue weighted by atomic mass is 32.2. The van der Waals surface area contributed by atoms with Crippen LogP contribution in [-0.2, 0) is 9.84 Å². The molecule has 19 heavy (non-hydrogen) atoms. The molecule has 0 unspecified atom stereocenters. The summed E-state index contributed by atoms with van der Waals surface area (Å²) in [5.41, 5.74) is 5.64. The molecule has 0 aliphatic carbocycles. The van der Waals surface area contributed by atoms with Crippen LogP contribution in [0.25, 0.3) is 11.3 Å². The number of nitrogens with two attached hydrogens (primary N) is 1. The summed E-state index contributed by atoms with van der Waals surface area (Å²) in [7, 11) is -2.35. The van der Waals surface area contributed by atoms with Crippen molar-refractivity contribution in [2.75, 3.05) is 19.1 Å². The van der Waals surface area contributed by atoms with E-state index in [0.29, 0.717) is 0 Å². The molecule has 6 nitrogen and oxygen atoms in total. The fourth-order valence-electron chi connectivity index (χ4n) is 1.60. The monoisotopic (exact) mass is 286 g/mol. The van der Waals surface area contributed by atoms with Crippen LogP contribution < -0.4 is 10.5 Å². The molecule has 0 atom stereocenters. The maximum atomic E-state index is 13.8. The Bertz CT molecular complexity index is 724. The molecular weight excluding hydrogens is 275 g/mol. The van der Waals surface area contributed by atoms with Crippen LogP contribution in [0.15, 0.2) is 27.6 Å². The number of rotatable bonds is 3. The zero-order chi connectivity index (χ0) is 14.2. The predicted octanol–water partition coefficient (Wildman–Crippen LogP) is 1.47. The number of ether oxygens (including phenoxy) is 1. The molecule has 2 rings (SSSR count). The van der Waals surface area contributed by atoms with E-state index in [2.05, 4.69) is 5.16 Å². The quantitative estimate of drug-likeness (QED) is 0.918. The van der Waals surface area contributed by atoms with Crippen LogP contribution in [0, 0.1) is 5.82 Å². The molecule has 0 radical (unpaired) electrons. The lowest BCUT2D eigenvalue weighted by atomic mass is 10.1. The molecule has 0 fully saturated rings. The zero-order valence-corrected chi connectivity index (χ0v) is 11.0. The Kier molecular flexibility index (Phi) is 3.19. The number of aromatic nitrogens is 1. The van der Waals surface area contributed by atoms with Gasteiger partial charge in [0.25, 0.3) is 0 Å². The van der Waals surface area contributed by atoms with Crippen molar-refractivity contribution in [3.05, 3.63) is 24.0 Å². The van der Waals surface area contributed by atoms with Gasteiger partial charge >= 0.3 is 0 Å². The minimum Gasteiger partial charge on any atom is -0.496 e. The van der Waals surface area contributed by atoms with E-state index in [1.807, 2.05) is 0 Å². The summed E-state index contributed by atoms with van der Waals surface area (Å²) < 4.78 is 46.6. The molecule has 0 bridgehead atoms. The van der Waals surface area contributed by atoms with Gasteiger partial charge in [-0.15, -0.1) is 0 Å². The van der Waals surface area contributed by atoms with Crippen LogP contribution in [-0.4, -0.2) is 26.9 Å². The minimum atomic E-state index is -3.69. The van der Waals surface area contributed by atoms with Crippen molar-refractivity contribution < 1.29 is 22.1 Å². The first kappa shape index (κ1) is 13.3.